The van der Waals surface area contributed by atoms with Gasteiger partial charge in [-0.1, -0.05) is 18.2 Å². The number of pyridine rings is 1. The number of hydrogen-bond donors (Lipinski definition) is 3. The zero-order valence-corrected chi connectivity index (χ0v) is 18.7. The summed E-state index contributed by atoms with van der Waals surface area (Å²) in [6.45, 7) is 5.11. The number of anilines is 1. The van der Waals surface area contributed by atoms with Gasteiger partial charge in [-0.3, -0.25) is 9.78 Å². The molecule has 182 valence electrons. The number of alkyl halides is 3. The summed E-state index contributed by atoms with van der Waals surface area (Å²) in [6, 6.07) is 15.6. The number of carbonyl (C=O) groups is 2. The van der Waals surface area contributed by atoms with Gasteiger partial charge in [-0.25, -0.2) is 4.79 Å². The summed E-state index contributed by atoms with van der Waals surface area (Å²) in [6.07, 6.45) is -3.33. The standard InChI is InChI=1S/C22H21N5O.C2HF3O2/c1-15(28)16-3-2-4-17(11-16)20-12-18(5-6-25-20)21-13-19(14-23)22(26-21)27-9-7-24-8-10-27;3-2(4,5)1(6)7/h2-6,11-13,24,26H,7-10H2,1H3;(H,6,7). The van der Waals surface area contributed by atoms with E-state index in [1.807, 2.05) is 36.4 Å². The summed E-state index contributed by atoms with van der Waals surface area (Å²) in [5.41, 5.74) is 4.83. The van der Waals surface area contributed by atoms with Gasteiger partial charge < -0.3 is 20.3 Å². The normalized spacial score (nSPS) is 13.4. The predicted molar refractivity (Wildman–Crippen MR) is 123 cm³/mol. The quantitative estimate of drug-likeness (QED) is 0.480. The maximum Gasteiger partial charge on any atom is 0.490 e. The molecule has 0 saturated carbocycles. The molecule has 0 bridgehead atoms. The summed E-state index contributed by atoms with van der Waals surface area (Å²) in [4.78, 5) is 30.7. The van der Waals surface area contributed by atoms with Crippen LogP contribution in [0.4, 0.5) is 19.0 Å². The van der Waals surface area contributed by atoms with Crippen molar-refractivity contribution in [2.45, 2.75) is 13.1 Å². The minimum atomic E-state index is -5.08. The topological polar surface area (TPSA) is 122 Å². The second kappa shape index (κ2) is 10.8. The van der Waals surface area contributed by atoms with Gasteiger partial charge in [0.15, 0.2) is 5.78 Å². The number of aromatic nitrogens is 2. The Hall–Kier alpha value is -4.17. The molecule has 0 aliphatic carbocycles. The van der Waals surface area contributed by atoms with Crippen molar-refractivity contribution in [3.8, 4) is 28.6 Å². The first kappa shape index (κ1) is 25.5. The Bertz CT molecular complexity index is 1260. The number of aromatic amines is 1. The van der Waals surface area contributed by atoms with Crippen molar-refractivity contribution in [2.75, 3.05) is 31.1 Å². The fourth-order valence-corrected chi connectivity index (χ4v) is 3.48. The van der Waals surface area contributed by atoms with Crippen LogP contribution in [0.15, 0.2) is 48.7 Å². The molecule has 0 radical (unpaired) electrons. The fourth-order valence-electron chi connectivity index (χ4n) is 3.48. The van der Waals surface area contributed by atoms with Gasteiger partial charge in [-0.05, 0) is 31.2 Å². The van der Waals surface area contributed by atoms with Gasteiger partial charge >= 0.3 is 12.1 Å². The third-order valence-electron chi connectivity index (χ3n) is 5.23. The van der Waals surface area contributed by atoms with Crippen LogP contribution in [0.3, 0.4) is 0 Å². The Morgan fingerprint density at radius 3 is 2.40 bits per heavy atom. The highest BCUT2D eigenvalue weighted by Crippen LogP contribution is 2.29. The lowest BCUT2D eigenvalue weighted by Gasteiger charge is -2.28. The Balaban J connectivity index is 0.000000429. The van der Waals surface area contributed by atoms with E-state index in [0.717, 1.165) is 54.5 Å². The van der Waals surface area contributed by atoms with Crippen LogP contribution in [0, 0.1) is 11.3 Å². The van der Waals surface area contributed by atoms with E-state index in [0.29, 0.717) is 11.1 Å². The SMILES string of the molecule is CC(=O)c1cccc(-c2cc(-c3cc(C#N)c(N4CCNCC4)[nH]3)ccn2)c1.O=C(O)C(F)(F)F. The Morgan fingerprint density at radius 2 is 1.80 bits per heavy atom. The van der Waals surface area contributed by atoms with Crippen LogP contribution in [-0.2, 0) is 4.79 Å². The second-order valence-corrected chi connectivity index (χ2v) is 7.66. The van der Waals surface area contributed by atoms with E-state index in [1.165, 1.54) is 0 Å². The molecule has 3 heterocycles. The van der Waals surface area contributed by atoms with E-state index in [2.05, 4.69) is 26.3 Å². The van der Waals surface area contributed by atoms with E-state index in [-0.39, 0.29) is 5.78 Å². The maximum atomic E-state index is 11.7. The molecular weight excluding hydrogens is 463 g/mol. The molecule has 2 aromatic heterocycles. The molecule has 3 N–H and O–H groups in total. The molecule has 1 aliphatic heterocycles. The van der Waals surface area contributed by atoms with Crippen molar-refractivity contribution in [2.24, 2.45) is 0 Å². The molecule has 0 unspecified atom stereocenters. The van der Waals surface area contributed by atoms with E-state index >= 15 is 0 Å². The Kier molecular flexibility index (Phi) is 7.88. The number of nitrogens with one attached hydrogen (secondary N) is 2. The maximum absolute atomic E-state index is 11.7. The first-order chi connectivity index (χ1) is 16.6. The number of carbonyl (C=O) groups excluding carboxylic acids is 1. The summed E-state index contributed by atoms with van der Waals surface area (Å²) in [7, 11) is 0. The molecule has 4 rings (SSSR count). The molecule has 3 aromatic rings. The largest absolute Gasteiger partial charge is 0.490 e. The Labute approximate surface area is 199 Å². The highest BCUT2D eigenvalue weighted by molar-refractivity contribution is 5.95. The van der Waals surface area contributed by atoms with Gasteiger partial charge in [0, 0.05) is 54.8 Å². The number of Topliss-reactive ketones (excluding diaryl/α,β-unsaturated/α-hetero) is 1. The smallest absolute Gasteiger partial charge is 0.475 e. The van der Waals surface area contributed by atoms with Gasteiger partial charge in [0.1, 0.15) is 11.9 Å². The van der Waals surface area contributed by atoms with Crippen molar-refractivity contribution in [3.63, 3.8) is 0 Å². The molecular formula is C24H22F3N5O3. The molecule has 0 spiro atoms. The number of carboxylic acids is 1. The first-order valence-electron chi connectivity index (χ1n) is 10.6. The van der Waals surface area contributed by atoms with Crippen LogP contribution < -0.4 is 10.2 Å². The lowest BCUT2D eigenvalue weighted by atomic mass is 10.0. The molecule has 1 aliphatic rings. The summed E-state index contributed by atoms with van der Waals surface area (Å²) < 4.78 is 31.7. The van der Waals surface area contributed by atoms with Crippen LogP contribution in [0.1, 0.15) is 22.8 Å². The van der Waals surface area contributed by atoms with Gasteiger partial charge in [0.25, 0.3) is 0 Å². The minimum absolute atomic E-state index is 0.0293. The number of aliphatic carboxylic acids is 1. The average molecular weight is 485 g/mol. The van der Waals surface area contributed by atoms with Crippen LogP contribution in [0.2, 0.25) is 0 Å². The Morgan fingerprint density at radius 1 is 1.11 bits per heavy atom. The zero-order chi connectivity index (χ0) is 25.6. The zero-order valence-electron chi connectivity index (χ0n) is 18.7. The number of hydrogen-bond acceptors (Lipinski definition) is 6. The fraction of sp³-hybridized carbons (Fsp3) is 0.250. The number of H-pyrrole nitrogens is 1. The van der Waals surface area contributed by atoms with E-state index in [9.17, 15) is 23.2 Å². The number of nitriles is 1. The molecule has 1 saturated heterocycles. The van der Waals surface area contributed by atoms with Crippen LogP contribution >= 0.6 is 0 Å². The monoisotopic (exact) mass is 485 g/mol. The lowest BCUT2D eigenvalue weighted by molar-refractivity contribution is -0.192. The first-order valence-corrected chi connectivity index (χ1v) is 10.6. The van der Waals surface area contributed by atoms with Crippen LogP contribution in [-0.4, -0.2) is 59.2 Å². The molecule has 8 nitrogen and oxygen atoms in total. The summed E-state index contributed by atoms with van der Waals surface area (Å²) in [5.74, 6) is -1.86. The molecule has 35 heavy (non-hydrogen) atoms. The van der Waals surface area contributed by atoms with Crippen molar-refractivity contribution < 1.29 is 27.9 Å². The van der Waals surface area contributed by atoms with Crippen molar-refractivity contribution >= 4 is 17.6 Å². The van der Waals surface area contributed by atoms with Crippen LogP contribution in [0.25, 0.3) is 22.5 Å². The van der Waals surface area contributed by atoms with Gasteiger partial charge in [0.05, 0.1) is 11.3 Å². The van der Waals surface area contributed by atoms with Crippen molar-refractivity contribution in [1.82, 2.24) is 15.3 Å². The van der Waals surface area contributed by atoms with E-state index in [4.69, 9.17) is 9.90 Å². The number of halogens is 3. The summed E-state index contributed by atoms with van der Waals surface area (Å²) >= 11 is 0. The van der Waals surface area contributed by atoms with E-state index in [1.54, 1.807) is 19.2 Å². The number of benzene rings is 1. The minimum Gasteiger partial charge on any atom is -0.475 e. The van der Waals surface area contributed by atoms with E-state index < -0.39 is 12.1 Å². The summed E-state index contributed by atoms with van der Waals surface area (Å²) in [5, 5.41) is 20.0. The number of carboxylic acid groups (broad SMARTS) is 1. The number of ketones is 1. The van der Waals surface area contributed by atoms with Gasteiger partial charge in [0.2, 0.25) is 0 Å². The van der Waals surface area contributed by atoms with Crippen LogP contribution in [0.5, 0.6) is 0 Å². The van der Waals surface area contributed by atoms with Gasteiger partial charge in [-0.15, -0.1) is 0 Å². The van der Waals surface area contributed by atoms with Crippen molar-refractivity contribution in [1.29, 1.82) is 5.26 Å². The number of nitrogens with zero attached hydrogens (tertiary/aromatic N) is 3. The third kappa shape index (κ3) is 6.45. The molecule has 0 amide bonds. The molecule has 1 fully saturated rings. The lowest BCUT2D eigenvalue weighted by Crippen LogP contribution is -2.44. The predicted octanol–water partition coefficient (Wildman–Crippen LogP) is 3.86. The third-order valence-corrected chi connectivity index (χ3v) is 5.23. The van der Waals surface area contributed by atoms with Crippen molar-refractivity contribution in [3.05, 3.63) is 59.8 Å². The highest BCUT2D eigenvalue weighted by atomic mass is 19.4. The van der Waals surface area contributed by atoms with Gasteiger partial charge in [-0.2, -0.15) is 18.4 Å². The molecule has 11 heteroatoms. The molecule has 0 atom stereocenters. The molecule has 1 aromatic carbocycles. The number of piperazine rings is 1. The second-order valence-electron chi connectivity index (χ2n) is 7.66. The highest BCUT2D eigenvalue weighted by Gasteiger charge is 2.38. The average Bonchev–Trinajstić information content (AvgIpc) is 3.29. The number of rotatable bonds is 4.